The van der Waals surface area contributed by atoms with E-state index in [1.54, 1.807) is 48.5 Å². The smallest absolute Gasteiger partial charge is 0.238 e. The van der Waals surface area contributed by atoms with E-state index < -0.39 is 10.0 Å². The maximum absolute atomic E-state index is 12.7. The normalized spacial score (nSPS) is 17.9. The molecule has 1 aliphatic rings. The minimum atomic E-state index is -3.86. The lowest BCUT2D eigenvalue weighted by Crippen LogP contribution is -2.15. The highest BCUT2D eigenvalue weighted by Gasteiger charge is 2.45. The third kappa shape index (κ3) is 4.34. The van der Waals surface area contributed by atoms with E-state index in [9.17, 15) is 13.2 Å². The van der Waals surface area contributed by atoms with Crippen LogP contribution in [0, 0.1) is 5.92 Å². The minimum Gasteiger partial charge on any atom is -0.411 e. The van der Waals surface area contributed by atoms with E-state index in [0.29, 0.717) is 34.5 Å². The van der Waals surface area contributed by atoms with Crippen molar-refractivity contribution >= 4 is 33.5 Å². The molecule has 6 N–H and O–H groups in total. The number of nitrogen functional groups attached to an aromatic ring is 1. The fraction of sp³-hybridized carbons (Fsp3) is 0.130. The van der Waals surface area contributed by atoms with Crippen molar-refractivity contribution in [2.45, 2.75) is 17.2 Å². The van der Waals surface area contributed by atoms with Gasteiger partial charge in [0.25, 0.3) is 0 Å². The van der Waals surface area contributed by atoms with Gasteiger partial charge in [0.2, 0.25) is 15.9 Å². The lowest BCUT2D eigenvalue weighted by atomic mass is 10.0. The lowest BCUT2D eigenvalue weighted by molar-refractivity contribution is -0.117. The fourth-order valence-corrected chi connectivity index (χ4v) is 4.64. The molecule has 0 bridgehead atoms. The molecule has 164 valence electrons. The first-order valence-corrected chi connectivity index (χ1v) is 11.4. The van der Waals surface area contributed by atoms with Gasteiger partial charge in [-0.15, -0.1) is 0 Å². The zero-order valence-electron chi connectivity index (χ0n) is 17.0. The second-order valence-corrected chi connectivity index (χ2v) is 9.18. The number of nitrogens with one attached hydrogen (secondary N) is 1. The molecular weight excluding hydrogens is 428 g/mol. The Kier molecular flexibility index (Phi) is 5.68. The van der Waals surface area contributed by atoms with Gasteiger partial charge in [-0.1, -0.05) is 47.6 Å². The van der Waals surface area contributed by atoms with Crippen molar-refractivity contribution in [3.05, 3.63) is 77.9 Å². The first-order valence-electron chi connectivity index (χ1n) is 9.88. The number of anilines is 2. The SMILES string of the molecule is Nc1cccc([C@H]2C[C@H]2C(=O)Nc2ccc(-c3ccccc3S(N)(=O)=O)cc2)c1C=NO. The molecule has 0 spiro atoms. The number of nitrogens with zero attached hydrogens (tertiary/aromatic N) is 1. The number of carbonyl (C=O) groups excluding carboxylic acids is 1. The number of carbonyl (C=O) groups is 1. The number of hydrogen-bond acceptors (Lipinski definition) is 6. The third-order valence-corrected chi connectivity index (χ3v) is 6.51. The quantitative estimate of drug-likeness (QED) is 0.197. The summed E-state index contributed by atoms with van der Waals surface area (Å²) in [6.07, 6.45) is 1.96. The summed E-state index contributed by atoms with van der Waals surface area (Å²) in [5.74, 6) is -0.347. The molecule has 0 saturated heterocycles. The molecule has 8 nitrogen and oxygen atoms in total. The van der Waals surface area contributed by atoms with Crippen LogP contribution < -0.4 is 16.2 Å². The van der Waals surface area contributed by atoms with Crippen molar-refractivity contribution in [3.8, 4) is 11.1 Å². The molecule has 3 aromatic carbocycles. The second-order valence-electron chi connectivity index (χ2n) is 7.65. The number of hydrogen-bond donors (Lipinski definition) is 4. The van der Waals surface area contributed by atoms with E-state index in [1.165, 1.54) is 12.3 Å². The molecule has 2 atom stereocenters. The summed E-state index contributed by atoms with van der Waals surface area (Å²) in [7, 11) is -3.86. The molecule has 32 heavy (non-hydrogen) atoms. The molecule has 0 aliphatic heterocycles. The summed E-state index contributed by atoms with van der Waals surface area (Å²) in [4.78, 5) is 12.8. The first kappa shape index (κ1) is 21.5. The number of primary sulfonamides is 1. The van der Waals surface area contributed by atoms with Crippen molar-refractivity contribution < 1.29 is 18.4 Å². The fourth-order valence-electron chi connectivity index (χ4n) is 3.88. The van der Waals surface area contributed by atoms with Crippen LogP contribution in [0.25, 0.3) is 11.1 Å². The van der Waals surface area contributed by atoms with E-state index >= 15 is 0 Å². The summed E-state index contributed by atoms with van der Waals surface area (Å²) >= 11 is 0. The van der Waals surface area contributed by atoms with Crippen LogP contribution in [-0.2, 0) is 14.8 Å². The molecule has 0 heterocycles. The Morgan fingerprint density at radius 2 is 1.78 bits per heavy atom. The van der Waals surface area contributed by atoms with Gasteiger partial charge in [0, 0.05) is 28.4 Å². The molecule has 0 unspecified atom stereocenters. The van der Waals surface area contributed by atoms with E-state index in [2.05, 4.69) is 10.5 Å². The first-order chi connectivity index (χ1) is 15.3. The second kappa shape index (κ2) is 8.45. The van der Waals surface area contributed by atoms with Crippen LogP contribution in [-0.4, -0.2) is 25.7 Å². The number of amides is 1. The van der Waals surface area contributed by atoms with Crippen LogP contribution in [0.5, 0.6) is 0 Å². The minimum absolute atomic E-state index is 0.00703. The maximum atomic E-state index is 12.7. The van der Waals surface area contributed by atoms with Crippen LogP contribution in [0.15, 0.2) is 76.8 Å². The molecule has 1 fully saturated rings. The number of rotatable bonds is 6. The van der Waals surface area contributed by atoms with Gasteiger partial charge in [-0.25, -0.2) is 13.6 Å². The van der Waals surface area contributed by atoms with Crippen LogP contribution in [0.4, 0.5) is 11.4 Å². The van der Waals surface area contributed by atoms with Gasteiger partial charge < -0.3 is 16.3 Å². The van der Waals surface area contributed by atoms with E-state index in [1.807, 2.05) is 12.1 Å². The van der Waals surface area contributed by atoms with Crippen molar-refractivity contribution in [1.29, 1.82) is 0 Å². The molecule has 1 saturated carbocycles. The van der Waals surface area contributed by atoms with E-state index in [0.717, 1.165) is 5.56 Å². The predicted molar refractivity (Wildman–Crippen MR) is 123 cm³/mol. The summed E-state index contributed by atoms with van der Waals surface area (Å²) in [5, 5.41) is 20.2. The monoisotopic (exact) mass is 450 g/mol. The molecule has 1 aliphatic carbocycles. The van der Waals surface area contributed by atoms with Gasteiger partial charge in [0.15, 0.2) is 0 Å². The van der Waals surface area contributed by atoms with Crippen molar-refractivity contribution in [1.82, 2.24) is 0 Å². The Bertz CT molecular complexity index is 1300. The van der Waals surface area contributed by atoms with Gasteiger partial charge in [-0.2, -0.15) is 0 Å². The van der Waals surface area contributed by atoms with Crippen LogP contribution in [0.1, 0.15) is 23.5 Å². The standard InChI is InChI=1S/C23H22N4O4S/c24-21-6-3-5-17(20(21)13-26-29)18-12-19(18)23(28)27-15-10-8-14(9-11-15)16-4-1-2-7-22(16)32(25,30)31/h1-11,13,18-19,29H,12,24H2,(H,27,28)(H2,25,30,31)/t18-,19-/m1/s1. The summed E-state index contributed by atoms with van der Waals surface area (Å²) < 4.78 is 23.7. The lowest BCUT2D eigenvalue weighted by Gasteiger charge is -2.10. The van der Waals surface area contributed by atoms with Crippen LogP contribution >= 0.6 is 0 Å². The van der Waals surface area contributed by atoms with Crippen molar-refractivity contribution in [2.24, 2.45) is 16.2 Å². The summed E-state index contributed by atoms with van der Waals surface area (Å²) in [5.41, 5.74) is 9.71. The van der Waals surface area contributed by atoms with Crippen LogP contribution in [0.2, 0.25) is 0 Å². The number of benzene rings is 3. The van der Waals surface area contributed by atoms with Gasteiger partial charge in [-0.05, 0) is 47.7 Å². The highest BCUT2D eigenvalue weighted by Crippen LogP contribution is 2.49. The van der Waals surface area contributed by atoms with Gasteiger partial charge in [-0.3, -0.25) is 4.79 Å². The number of oxime groups is 1. The number of sulfonamides is 1. The van der Waals surface area contributed by atoms with Gasteiger partial charge >= 0.3 is 0 Å². The molecule has 4 rings (SSSR count). The topological polar surface area (TPSA) is 148 Å². The highest BCUT2D eigenvalue weighted by atomic mass is 32.2. The Hall–Kier alpha value is -3.69. The van der Waals surface area contributed by atoms with Gasteiger partial charge in [0.05, 0.1) is 11.1 Å². The molecule has 1 amide bonds. The Labute approximate surface area is 185 Å². The average molecular weight is 451 g/mol. The highest BCUT2D eigenvalue weighted by molar-refractivity contribution is 7.89. The third-order valence-electron chi connectivity index (χ3n) is 5.54. The zero-order chi connectivity index (χ0) is 22.9. The molecular formula is C23H22N4O4S. The zero-order valence-corrected chi connectivity index (χ0v) is 17.8. The van der Waals surface area contributed by atoms with Gasteiger partial charge in [0.1, 0.15) is 0 Å². The average Bonchev–Trinajstić information content (AvgIpc) is 3.56. The number of nitrogens with two attached hydrogens (primary N) is 2. The maximum Gasteiger partial charge on any atom is 0.238 e. The molecule has 0 aromatic heterocycles. The molecule has 9 heteroatoms. The van der Waals surface area contributed by atoms with E-state index in [-0.39, 0.29) is 22.6 Å². The van der Waals surface area contributed by atoms with Crippen molar-refractivity contribution in [2.75, 3.05) is 11.1 Å². The predicted octanol–water partition coefficient (Wildman–Crippen LogP) is 3.13. The summed E-state index contributed by atoms with van der Waals surface area (Å²) in [6.45, 7) is 0. The van der Waals surface area contributed by atoms with E-state index in [4.69, 9.17) is 16.1 Å². The Balaban J connectivity index is 1.48. The largest absolute Gasteiger partial charge is 0.411 e. The van der Waals surface area contributed by atoms with Crippen LogP contribution in [0.3, 0.4) is 0 Å². The Morgan fingerprint density at radius 3 is 2.47 bits per heavy atom. The summed E-state index contributed by atoms with van der Waals surface area (Å²) in [6, 6.07) is 18.8. The molecule has 3 aromatic rings. The van der Waals surface area contributed by atoms with Crippen molar-refractivity contribution in [3.63, 3.8) is 0 Å². The Morgan fingerprint density at radius 1 is 1.06 bits per heavy atom. The molecule has 0 radical (unpaired) electrons.